The van der Waals surface area contributed by atoms with E-state index in [2.05, 4.69) is 75.4 Å². The Hall–Kier alpha value is -2.16. The standard InChI is InChI=1S/C26H24S2/c1-16-11-13-19(14-12-16)25-15-23(17(2)27-25)20-8-6-9-21(20)26-18(3)28-24-10-5-4-7-22(24)26/h4-5,7,10-15H,6,8-9H2,1-3H3. The van der Waals surface area contributed by atoms with Gasteiger partial charge in [-0.15, -0.1) is 22.7 Å². The molecule has 28 heavy (non-hydrogen) atoms. The summed E-state index contributed by atoms with van der Waals surface area (Å²) in [4.78, 5) is 4.29. The van der Waals surface area contributed by atoms with E-state index in [1.165, 1.54) is 66.2 Å². The van der Waals surface area contributed by atoms with Gasteiger partial charge in [-0.25, -0.2) is 0 Å². The van der Waals surface area contributed by atoms with E-state index in [4.69, 9.17) is 0 Å². The maximum absolute atomic E-state index is 2.44. The van der Waals surface area contributed by atoms with Gasteiger partial charge in [0, 0.05) is 24.7 Å². The van der Waals surface area contributed by atoms with Gasteiger partial charge in [0.25, 0.3) is 0 Å². The highest BCUT2D eigenvalue weighted by Gasteiger charge is 2.24. The topological polar surface area (TPSA) is 0 Å². The van der Waals surface area contributed by atoms with E-state index < -0.39 is 0 Å². The van der Waals surface area contributed by atoms with E-state index in [9.17, 15) is 0 Å². The summed E-state index contributed by atoms with van der Waals surface area (Å²) in [6.07, 6.45) is 3.67. The Labute approximate surface area is 175 Å². The summed E-state index contributed by atoms with van der Waals surface area (Å²) < 4.78 is 1.41. The Morgan fingerprint density at radius 3 is 2.32 bits per heavy atom. The first kappa shape index (κ1) is 17.9. The van der Waals surface area contributed by atoms with Crippen LogP contribution in [-0.4, -0.2) is 0 Å². The predicted molar refractivity (Wildman–Crippen MR) is 126 cm³/mol. The van der Waals surface area contributed by atoms with Crippen molar-refractivity contribution >= 4 is 43.9 Å². The largest absolute Gasteiger partial charge is 0.140 e. The fraction of sp³-hybridized carbons (Fsp3) is 0.231. The molecule has 0 spiro atoms. The maximum Gasteiger partial charge on any atom is 0.0351 e. The average Bonchev–Trinajstić information content (AvgIpc) is 3.38. The quantitative estimate of drug-likeness (QED) is 0.323. The molecular formula is C26H24S2. The first-order valence-electron chi connectivity index (χ1n) is 10.00. The molecule has 0 bridgehead atoms. The van der Waals surface area contributed by atoms with E-state index in [1.807, 2.05) is 22.7 Å². The maximum atomic E-state index is 2.44. The van der Waals surface area contributed by atoms with Gasteiger partial charge in [0.2, 0.25) is 0 Å². The minimum absolute atomic E-state index is 1.20. The molecule has 0 atom stereocenters. The zero-order valence-electron chi connectivity index (χ0n) is 16.6. The highest BCUT2D eigenvalue weighted by molar-refractivity contribution is 7.19. The molecule has 0 fully saturated rings. The summed E-state index contributed by atoms with van der Waals surface area (Å²) in [5.41, 5.74) is 8.81. The summed E-state index contributed by atoms with van der Waals surface area (Å²) in [6, 6.07) is 20.3. The molecule has 140 valence electrons. The van der Waals surface area contributed by atoms with Crippen LogP contribution in [0, 0.1) is 20.8 Å². The van der Waals surface area contributed by atoms with Gasteiger partial charge in [-0.3, -0.25) is 0 Å². The van der Waals surface area contributed by atoms with E-state index in [-0.39, 0.29) is 0 Å². The molecule has 2 aromatic carbocycles. The Balaban J connectivity index is 1.66. The van der Waals surface area contributed by atoms with Crippen LogP contribution in [0.5, 0.6) is 0 Å². The van der Waals surface area contributed by atoms with Crippen LogP contribution in [0.15, 0.2) is 54.6 Å². The van der Waals surface area contributed by atoms with Gasteiger partial charge in [-0.2, -0.15) is 0 Å². The summed E-state index contributed by atoms with van der Waals surface area (Å²) in [5.74, 6) is 0. The van der Waals surface area contributed by atoms with E-state index in [1.54, 1.807) is 11.1 Å². The van der Waals surface area contributed by atoms with Crippen molar-refractivity contribution in [2.45, 2.75) is 40.0 Å². The van der Waals surface area contributed by atoms with E-state index in [0.717, 1.165) is 0 Å². The predicted octanol–water partition coefficient (Wildman–Crippen LogP) is 8.65. The molecule has 0 saturated heterocycles. The Bertz CT molecular complexity index is 1200. The van der Waals surface area contributed by atoms with Crippen LogP contribution in [0.1, 0.15) is 45.7 Å². The number of benzene rings is 2. The molecular weight excluding hydrogens is 376 g/mol. The monoisotopic (exact) mass is 400 g/mol. The molecule has 1 aliphatic rings. The molecule has 2 aromatic heterocycles. The van der Waals surface area contributed by atoms with E-state index >= 15 is 0 Å². The average molecular weight is 401 g/mol. The molecule has 0 N–H and O–H groups in total. The van der Waals surface area contributed by atoms with Crippen molar-refractivity contribution in [3.63, 3.8) is 0 Å². The van der Waals surface area contributed by atoms with Crippen LogP contribution in [0.4, 0.5) is 0 Å². The zero-order chi connectivity index (χ0) is 19.3. The third-order valence-corrected chi connectivity index (χ3v) is 8.06. The minimum Gasteiger partial charge on any atom is -0.140 e. The lowest BCUT2D eigenvalue weighted by molar-refractivity contribution is 0.942. The van der Waals surface area contributed by atoms with Crippen LogP contribution >= 0.6 is 22.7 Å². The van der Waals surface area contributed by atoms with Gasteiger partial charge in [0.15, 0.2) is 0 Å². The normalized spacial score (nSPS) is 14.4. The number of hydrogen-bond acceptors (Lipinski definition) is 2. The molecule has 0 amide bonds. The van der Waals surface area contributed by atoms with Crippen molar-refractivity contribution in [2.24, 2.45) is 0 Å². The second kappa shape index (κ2) is 7.02. The van der Waals surface area contributed by atoms with Crippen molar-refractivity contribution in [1.29, 1.82) is 0 Å². The number of thiophene rings is 2. The van der Waals surface area contributed by atoms with Crippen molar-refractivity contribution < 1.29 is 0 Å². The molecule has 4 aromatic rings. The smallest absolute Gasteiger partial charge is 0.0351 e. The Morgan fingerprint density at radius 2 is 1.50 bits per heavy atom. The fourth-order valence-corrected chi connectivity index (χ4v) is 6.65. The van der Waals surface area contributed by atoms with Crippen LogP contribution in [0.25, 0.3) is 31.7 Å². The third kappa shape index (κ3) is 2.96. The fourth-order valence-electron chi connectivity index (χ4n) is 4.50. The molecule has 5 rings (SSSR count). The van der Waals surface area contributed by atoms with Crippen LogP contribution in [-0.2, 0) is 0 Å². The summed E-state index contributed by atoms with van der Waals surface area (Å²) in [7, 11) is 0. The zero-order valence-corrected chi connectivity index (χ0v) is 18.3. The molecule has 2 heterocycles. The molecule has 0 radical (unpaired) electrons. The lowest BCUT2D eigenvalue weighted by Gasteiger charge is -2.09. The second-order valence-corrected chi connectivity index (χ2v) is 10.3. The molecule has 2 heteroatoms. The first-order valence-corrected chi connectivity index (χ1v) is 11.6. The van der Waals surface area contributed by atoms with Crippen molar-refractivity contribution in [2.75, 3.05) is 0 Å². The van der Waals surface area contributed by atoms with Crippen LogP contribution < -0.4 is 0 Å². The first-order chi connectivity index (χ1) is 13.6. The SMILES string of the molecule is Cc1ccc(-c2cc(C3=C(c4c(C)sc5ccccc45)CCC3)c(C)s2)cc1. The number of hydrogen-bond donors (Lipinski definition) is 0. The van der Waals surface area contributed by atoms with Gasteiger partial charge in [-0.05, 0) is 80.0 Å². The molecule has 0 aliphatic heterocycles. The van der Waals surface area contributed by atoms with Gasteiger partial charge < -0.3 is 0 Å². The van der Waals surface area contributed by atoms with Crippen LogP contribution in [0.3, 0.4) is 0 Å². The third-order valence-electron chi connectivity index (χ3n) is 5.87. The highest BCUT2D eigenvalue weighted by Crippen LogP contribution is 2.48. The van der Waals surface area contributed by atoms with Gasteiger partial charge in [-0.1, -0.05) is 48.0 Å². The Kier molecular flexibility index (Phi) is 4.49. The molecule has 0 nitrogen and oxygen atoms in total. The van der Waals surface area contributed by atoms with Gasteiger partial charge in [0.1, 0.15) is 0 Å². The van der Waals surface area contributed by atoms with Gasteiger partial charge >= 0.3 is 0 Å². The highest BCUT2D eigenvalue weighted by atomic mass is 32.1. The van der Waals surface area contributed by atoms with E-state index in [0.29, 0.717) is 0 Å². The van der Waals surface area contributed by atoms with Gasteiger partial charge in [0.05, 0.1) is 0 Å². The Morgan fingerprint density at radius 1 is 0.750 bits per heavy atom. The lowest BCUT2D eigenvalue weighted by Crippen LogP contribution is -1.87. The molecule has 0 unspecified atom stereocenters. The van der Waals surface area contributed by atoms with Crippen molar-refractivity contribution in [3.05, 3.63) is 81.0 Å². The van der Waals surface area contributed by atoms with Crippen molar-refractivity contribution in [1.82, 2.24) is 0 Å². The summed E-state index contributed by atoms with van der Waals surface area (Å²) in [5, 5.41) is 1.44. The van der Waals surface area contributed by atoms with Crippen LogP contribution in [0.2, 0.25) is 0 Å². The second-order valence-electron chi connectivity index (χ2n) is 7.79. The number of fused-ring (bicyclic) bond motifs is 1. The summed E-state index contributed by atoms with van der Waals surface area (Å²) in [6.45, 7) is 6.73. The number of allylic oxidation sites excluding steroid dienone is 2. The number of rotatable bonds is 3. The number of aryl methyl sites for hydroxylation is 3. The molecule has 1 aliphatic carbocycles. The summed E-state index contributed by atoms with van der Waals surface area (Å²) >= 11 is 3.87. The van der Waals surface area contributed by atoms with Crippen molar-refractivity contribution in [3.8, 4) is 10.4 Å². The minimum atomic E-state index is 1.20. The lowest BCUT2D eigenvalue weighted by atomic mass is 9.95. The molecule has 0 saturated carbocycles.